The first-order valence-corrected chi connectivity index (χ1v) is 8.50. The number of carbonyl (C=O) groups is 1. The normalized spacial score (nSPS) is 12.1. The molecule has 0 aliphatic carbocycles. The number of hydrogen-bond donors (Lipinski definition) is 1. The Morgan fingerprint density at radius 2 is 1.80 bits per heavy atom. The Kier molecular flexibility index (Phi) is 5.03. The summed E-state index contributed by atoms with van der Waals surface area (Å²) in [6.45, 7) is 4.80. The molecule has 2 aromatic heterocycles. The van der Waals surface area contributed by atoms with Gasteiger partial charge in [-0.15, -0.1) is 0 Å². The Hall–Kier alpha value is -2.82. The highest BCUT2D eigenvalue weighted by atomic mass is 16.1. The third-order valence-corrected chi connectivity index (χ3v) is 4.53. The van der Waals surface area contributed by atoms with Crippen LogP contribution in [-0.4, -0.2) is 20.0 Å². The molecule has 1 aromatic carbocycles. The number of amides is 1. The van der Waals surface area contributed by atoms with Crippen molar-refractivity contribution in [2.24, 2.45) is 7.05 Å². The van der Waals surface area contributed by atoms with Crippen molar-refractivity contribution in [3.05, 3.63) is 77.6 Å². The van der Waals surface area contributed by atoms with E-state index in [1.165, 1.54) is 11.4 Å². The molecule has 3 rings (SSSR count). The fourth-order valence-corrected chi connectivity index (χ4v) is 3.10. The lowest BCUT2D eigenvalue weighted by Crippen LogP contribution is -2.31. The van der Waals surface area contributed by atoms with E-state index in [-0.39, 0.29) is 11.9 Å². The standard InChI is InChI=1S/C20H24N4O/c1-15-9-10-16(2)24(15)13-11-18(25)22-19(17-7-5-4-6-8-17)20-21-12-14-23(20)3/h4-10,12,14,19H,11,13H2,1-3H3,(H,22,25)/t19-/m0/s1. The lowest BCUT2D eigenvalue weighted by atomic mass is 10.1. The summed E-state index contributed by atoms with van der Waals surface area (Å²) in [6, 6.07) is 13.9. The maximum absolute atomic E-state index is 12.6. The molecule has 130 valence electrons. The monoisotopic (exact) mass is 336 g/mol. The van der Waals surface area contributed by atoms with Crippen LogP contribution in [-0.2, 0) is 18.4 Å². The minimum absolute atomic E-state index is 0.0179. The summed E-state index contributed by atoms with van der Waals surface area (Å²) in [5.41, 5.74) is 3.38. The summed E-state index contributed by atoms with van der Waals surface area (Å²) >= 11 is 0. The first-order chi connectivity index (χ1) is 12.1. The molecule has 1 atom stereocenters. The van der Waals surface area contributed by atoms with Gasteiger partial charge in [-0.3, -0.25) is 4.79 Å². The molecule has 0 radical (unpaired) electrons. The molecule has 5 nitrogen and oxygen atoms in total. The largest absolute Gasteiger partial charge is 0.349 e. The van der Waals surface area contributed by atoms with Gasteiger partial charge in [0.05, 0.1) is 0 Å². The van der Waals surface area contributed by atoms with Crippen LogP contribution in [0, 0.1) is 13.8 Å². The molecule has 1 N–H and O–H groups in total. The molecule has 0 spiro atoms. The van der Waals surface area contributed by atoms with E-state index in [0.29, 0.717) is 13.0 Å². The minimum atomic E-state index is -0.249. The summed E-state index contributed by atoms with van der Waals surface area (Å²) in [4.78, 5) is 17.0. The van der Waals surface area contributed by atoms with Crippen molar-refractivity contribution in [3.8, 4) is 0 Å². The summed E-state index contributed by atoms with van der Waals surface area (Å²) in [7, 11) is 1.94. The third-order valence-electron chi connectivity index (χ3n) is 4.53. The van der Waals surface area contributed by atoms with Gasteiger partial charge in [-0.25, -0.2) is 4.98 Å². The maximum atomic E-state index is 12.6. The fourth-order valence-electron chi connectivity index (χ4n) is 3.10. The van der Waals surface area contributed by atoms with Crippen molar-refractivity contribution in [1.82, 2.24) is 19.4 Å². The second kappa shape index (κ2) is 7.38. The highest BCUT2D eigenvalue weighted by molar-refractivity contribution is 5.76. The van der Waals surface area contributed by atoms with E-state index in [2.05, 4.69) is 40.8 Å². The number of benzene rings is 1. The number of nitrogens with one attached hydrogen (secondary N) is 1. The van der Waals surface area contributed by atoms with E-state index in [0.717, 1.165) is 11.4 Å². The van der Waals surface area contributed by atoms with Crippen LogP contribution in [0.5, 0.6) is 0 Å². The number of nitrogens with zero attached hydrogens (tertiary/aromatic N) is 3. The fraction of sp³-hybridized carbons (Fsp3) is 0.300. The van der Waals surface area contributed by atoms with Gasteiger partial charge in [0.25, 0.3) is 0 Å². The Labute approximate surface area is 148 Å². The van der Waals surface area contributed by atoms with Gasteiger partial charge in [0.2, 0.25) is 5.91 Å². The lowest BCUT2D eigenvalue weighted by Gasteiger charge is -2.19. The Bertz CT molecular complexity index is 828. The molecule has 0 fully saturated rings. The molecule has 0 aliphatic heterocycles. The molecule has 25 heavy (non-hydrogen) atoms. The van der Waals surface area contributed by atoms with E-state index in [9.17, 15) is 4.79 Å². The van der Waals surface area contributed by atoms with E-state index < -0.39 is 0 Å². The SMILES string of the molecule is Cc1ccc(C)n1CCC(=O)N[C@@H](c1ccccc1)c1nccn1C. The van der Waals surface area contributed by atoms with Gasteiger partial charge < -0.3 is 14.5 Å². The predicted octanol–water partition coefficient (Wildman–Crippen LogP) is 3.13. The number of hydrogen-bond acceptors (Lipinski definition) is 2. The van der Waals surface area contributed by atoms with Gasteiger partial charge in [0.15, 0.2) is 0 Å². The van der Waals surface area contributed by atoms with Crippen molar-refractivity contribution in [1.29, 1.82) is 0 Å². The van der Waals surface area contributed by atoms with Crippen LogP contribution >= 0.6 is 0 Å². The molecule has 0 aliphatic rings. The van der Waals surface area contributed by atoms with Crippen LogP contribution in [0.1, 0.15) is 35.2 Å². The number of aromatic nitrogens is 3. The number of rotatable bonds is 6. The van der Waals surface area contributed by atoms with Gasteiger partial charge in [-0.2, -0.15) is 0 Å². The molecule has 3 aromatic rings. The zero-order valence-electron chi connectivity index (χ0n) is 14.9. The van der Waals surface area contributed by atoms with Gasteiger partial charge in [0.1, 0.15) is 11.9 Å². The van der Waals surface area contributed by atoms with Crippen LogP contribution in [0.2, 0.25) is 0 Å². The van der Waals surface area contributed by atoms with Crippen LogP contribution < -0.4 is 5.32 Å². The van der Waals surface area contributed by atoms with E-state index >= 15 is 0 Å². The van der Waals surface area contributed by atoms with Gasteiger partial charge >= 0.3 is 0 Å². The maximum Gasteiger partial charge on any atom is 0.222 e. The quantitative estimate of drug-likeness (QED) is 0.752. The average molecular weight is 336 g/mol. The van der Waals surface area contributed by atoms with E-state index in [4.69, 9.17) is 0 Å². The second-order valence-electron chi connectivity index (χ2n) is 6.33. The molecular formula is C20H24N4O. The number of aryl methyl sites for hydroxylation is 3. The third kappa shape index (κ3) is 3.82. The van der Waals surface area contributed by atoms with Crippen molar-refractivity contribution in [2.45, 2.75) is 32.9 Å². The number of carbonyl (C=O) groups excluding carboxylic acids is 1. The average Bonchev–Trinajstić information content (AvgIpc) is 3.17. The van der Waals surface area contributed by atoms with Crippen LogP contribution in [0.4, 0.5) is 0 Å². The highest BCUT2D eigenvalue weighted by Crippen LogP contribution is 2.20. The van der Waals surface area contributed by atoms with Crippen molar-refractivity contribution in [2.75, 3.05) is 0 Å². The molecule has 0 saturated heterocycles. The van der Waals surface area contributed by atoms with Crippen LogP contribution in [0.3, 0.4) is 0 Å². The summed E-state index contributed by atoms with van der Waals surface area (Å²) in [5.74, 6) is 0.845. The van der Waals surface area contributed by atoms with Crippen LogP contribution in [0.15, 0.2) is 54.9 Å². The molecule has 5 heteroatoms. The molecule has 0 saturated carbocycles. The molecule has 0 bridgehead atoms. The molecule has 2 heterocycles. The Balaban J connectivity index is 1.74. The van der Waals surface area contributed by atoms with Crippen molar-refractivity contribution >= 4 is 5.91 Å². The lowest BCUT2D eigenvalue weighted by molar-refractivity contribution is -0.121. The number of imidazole rings is 1. The first-order valence-electron chi connectivity index (χ1n) is 8.50. The van der Waals surface area contributed by atoms with Gasteiger partial charge in [-0.05, 0) is 31.5 Å². The smallest absolute Gasteiger partial charge is 0.222 e. The van der Waals surface area contributed by atoms with Gasteiger partial charge in [0, 0.05) is 43.8 Å². The summed E-state index contributed by atoms with van der Waals surface area (Å²) in [6.07, 6.45) is 4.08. The van der Waals surface area contributed by atoms with Crippen molar-refractivity contribution in [3.63, 3.8) is 0 Å². The van der Waals surface area contributed by atoms with Gasteiger partial charge in [-0.1, -0.05) is 30.3 Å². The predicted molar refractivity (Wildman–Crippen MR) is 98.2 cm³/mol. The van der Waals surface area contributed by atoms with Crippen molar-refractivity contribution < 1.29 is 4.79 Å². The Morgan fingerprint density at radius 1 is 1.12 bits per heavy atom. The van der Waals surface area contributed by atoms with Crippen LogP contribution in [0.25, 0.3) is 0 Å². The highest BCUT2D eigenvalue weighted by Gasteiger charge is 2.20. The second-order valence-corrected chi connectivity index (χ2v) is 6.33. The summed E-state index contributed by atoms with van der Waals surface area (Å²) < 4.78 is 4.11. The molecule has 0 unspecified atom stereocenters. The molecule has 1 amide bonds. The minimum Gasteiger partial charge on any atom is -0.349 e. The topological polar surface area (TPSA) is 51.9 Å². The van der Waals surface area contributed by atoms with E-state index in [1.54, 1.807) is 6.20 Å². The zero-order valence-corrected chi connectivity index (χ0v) is 14.9. The molecular weight excluding hydrogens is 312 g/mol. The Morgan fingerprint density at radius 3 is 2.40 bits per heavy atom. The summed E-state index contributed by atoms with van der Waals surface area (Å²) in [5, 5.41) is 3.14. The zero-order chi connectivity index (χ0) is 17.8. The first kappa shape index (κ1) is 17.0. The van der Waals surface area contributed by atoms with E-state index in [1.807, 2.05) is 48.1 Å².